The van der Waals surface area contributed by atoms with Gasteiger partial charge in [-0.15, -0.1) is 0 Å². The zero-order valence-electron chi connectivity index (χ0n) is 8.25. The first-order chi connectivity index (χ1) is 6.52. The minimum absolute atomic E-state index is 0.574. The van der Waals surface area contributed by atoms with Crippen molar-refractivity contribution in [1.82, 2.24) is 0 Å². The van der Waals surface area contributed by atoms with Crippen molar-refractivity contribution in [2.45, 2.75) is 25.7 Å². The zero-order valence-corrected chi connectivity index (χ0v) is 9.84. The third kappa shape index (κ3) is 1.82. The fourth-order valence-corrected chi connectivity index (χ4v) is 2.09. The lowest BCUT2D eigenvalue weighted by molar-refractivity contribution is -0.143. The van der Waals surface area contributed by atoms with Crippen molar-refractivity contribution >= 4 is 21.9 Å². The summed E-state index contributed by atoms with van der Waals surface area (Å²) in [6.07, 6.45) is 0.574. The van der Waals surface area contributed by atoms with Crippen LogP contribution in [0.4, 0.5) is 0 Å². The molecule has 0 heterocycles. The number of carbonyl (C=O) groups is 1. The van der Waals surface area contributed by atoms with Gasteiger partial charge in [0.05, 0.1) is 5.41 Å². The van der Waals surface area contributed by atoms with Crippen LogP contribution in [0.2, 0.25) is 0 Å². The highest BCUT2D eigenvalue weighted by Crippen LogP contribution is 2.33. The second-order valence-electron chi connectivity index (χ2n) is 3.47. The lowest BCUT2D eigenvalue weighted by atomic mass is 9.80. The molecule has 14 heavy (non-hydrogen) atoms. The summed E-state index contributed by atoms with van der Waals surface area (Å²) >= 11 is 3.38. The van der Waals surface area contributed by atoms with E-state index in [9.17, 15) is 9.90 Å². The van der Waals surface area contributed by atoms with Gasteiger partial charge < -0.3 is 5.11 Å². The Balaban J connectivity index is 3.26. The molecular weight excluding hydrogens is 244 g/mol. The Morgan fingerprint density at radius 1 is 1.50 bits per heavy atom. The van der Waals surface area contributed by atoms with Crippen molar-refractivity contribution in [3.8, 4) is 0 Å². The predicted octanol–water partition coefficient (Wildman–Crippen LogP) is 3.20. The van der Waals surface area contributed by atoms with Gasteiger partial charge in [0.25, 0.3) is 0 Å². The Hall–Kier alpha value is -0.830. The minimum Gasteiger partial charge on any atom is -0.481 e. The maximum absolute atomic E-state index is 11.2. The van der Waals surface area contributed by atoms with Crippen LogP contribution in [0, 0.1) is 0 Å². The van der Waals surface area contributed by atoms with Crippen molar-refractivity contribution < 1.29 is 9.90 Å². The molecule has 0 fully saturated rings. The van der Waals surface area contributed by atoms with E-state index < -0.39 is 11.4 Å². The number of benzene rings is 1. The van der Waals surface area contributed by atoms with Gasteiger partial charge in [0.1, 0.15) is 0 Å². The molecular formula is C11H13BrO2. The molecule has 0 amide bonds. The van der Waals surface area contributed by atoms with E-state index in [0.29, 0.717) is 6.42 Å². The lowest BCUT2D eigenvalue weighted by Crippen LogP contribution is -2.31. The fraction of sp³-hybridized carbons (Fsp3) is 0.364. The van der Waals surface area contributed by atoms with Gasteiger partial charge in [-0.25, -0.2) is 0 Å². The van der Waals surface area contributed by atoms with Gasteiger partial charge >= 0.3 is 5.97 Å². The van der Waals surface area contributed by atoms with Crippen LogP contribution in [0.15, 0.2) is 28.7 Å². The molecule has 1 N–H and O–H groups in total. The van der Waals surface area contributed by atoms with Gasteiger partial charge in [-0.3, -0.25) is 4.79 Å². The first kappa shape index (κ1) is 11.2. The Labute approximate surface area is 92.1 Å². The monoisotopic (exact) mass is 256 g/mol. The third-order valence-electron chi connectivity index (χ3n) is 2.65. The van der Waals surface area contributed by atoms with Gasteiger partial charge in [-0.2, -0.15) is 0 Å². The van der Waals surface area contributed by atoms with Gasteiger partial charge in [0.15, 0.2) is 0 Å². The van der Waals surface area contributed by atoms with Crippen LogP contribution >= 0.6 is 15.9 Å². The molecule has 2 nitrogen and oxygen atoms in total. The lowest BCUT2D eigenvalue weighted by Gasteiger charge is -2.24. The van der Waals surface area contributed by atoms with Gasteiger partial charge in [-0.1, -0.05) is 41.1 Å². The maximum Gasteiger partial charge on any atom is 0.313 e. The zero-order chi connectivity index (χ0) is 10.8. The molecule has 0 aromatic heterocycles. The van der Waals surface area contributed by atoms with E-state index in [1.807, 2.05) is 31.2 Å². The van der Waals surface area contributed by atoms with Crippen LogP contribution in [-0.2, 0) is 10.2 Å². The number of hydrogen-bond acceptors (Lipinski definition) is 1. The SMILES string of the molecule is CCC(C)(C(=O)O)c1ccccc1Br. The molecule has 1 aromatic carbocycles. The van der Waals surface area contributed by atoms with E-state index in [1.54, 1.807) is 6.92 Å². The van der Waals surface area contributed by atoms with E-state index in [2.05, 4.69) is 15.9 Å². The summed E-state index contributed by atoms with van der Waals surface area (Å²) < 4.78 is 0.853. The van der Waals surface area contributed by atoms with Gasteiger partial charge in [0, 0.05) is 4.47 Å². The number of carboxylic acids is 1. The molecule has 3 heteroatoms. The molecule has 76 valence electrons. The summed E-state index contributed by atoms with van der Waals surface area (Å²) in [5.41, 5.74) is 0.0232. The van der Waals surface area contributed by atoms with Crippen molar-refractivity contribution in [2.75, 3.05) is 0 Å². The summed E-state index contributed by atoms with van der Waals surface area (Å²) in [7, 11) is 0. The highest BCUT2D eigenvalue weighted by Gasteiger charge is 2.34. The highest BCUT2D eigenvalue weighted by molar-refractivity contribution is 9.10. The standard InChI is InChI=1S/C11H13BrO2/c1-3-11(2,10(13)14)8-6-4-5-7-9(8)12/h4-7H,3H2,1-2H3,(H,13,14). The van der Waals surface area contributed by atoms with Gasteiger partial charge in [0.2, 0.25) is 0 Å². The molecule has 1 rings (SSSR count). The maximum atomic E-state index is 11.2. The first-order valence-corrected chi connectivity index (χ1v) is 5.30. The summed E-state index contributed by atoms with van der Waals surface area (Å²) in [6, 6.07) is 7.45. The number of carboxylic acid groups (broad SMARTS) is 1. The van der Waals surface area contributed by atoms with Crippen molar-refractivity contribution in [2.24, 2.45) is 0 Å². The molecule has 1 unspecified atom stereocenters. The Morgan fingerprint density at radius 2 is 2.07 bits per heavy atom. The molecule has 0 bridgehead atoms. The Kier molecular flexibility index (Phi) is 3.32. The quantitative estimate of drug-likeness (QED) is 0.902. The molecule has 1 aromatic rings. The van der Waals surface area contributed by atoms with Crippen molar-refractivity contribution in [3.05, 3.63) is 34.3 Å². The third-order valence-corrected chi connectivity index (χ3v) is 3.34. The largest absolute Gasteiger partial charge is 0.481 e. The predicted molar refractivity (Wildman–Crippen MR) is 59.4 cm³/mol. The van der Waals surface area contributed by atoms with Crippen LogP contribution in [0.25, 0.3) is 0 Å². The van der Waals surface area contributed by atoms with E-state index in [0.717, 1.165) is 10.0 Å². The van der Waals surface area contributed by atoms with E-state index in [-0.39, 0.29) is 0 Å². The smallest absolute Gasteiger partial charge is 0.313 e. The normalized spacial score (nSPS) is 14.8. The summed E-state index contributed by atoms with van der Waals surface area (Å²) in [5.74, 6) is -0.785. The minimum atomic E-state index is -0.805. The number of hydrogen-bond donors (Lipinski definition) is 1. The summed E-state index contributed by atoms with van der Waals surface area (Å²) in [4.78, 5) is 11.2. The molecule has 0 aliphatic rings. The molecule has 1 atom stereocenters. The van der Waals surface area contributed by atoms with E-state index in [1.165, 1.54) is 0 Å². The van der Waals surface area contributed by atoms with E-state index in [4.69, 9.17) is 0 Å². The molecule has 0 saturated heterocycles. The second kappa shape index (κ2) is 4.13. The molecule has 0 radical (unpaired) electrons. The summed E-state index contributed by atoms with van der Waals surface area (Å²) in [6.45, 7) is 3.63. The number of aliphatic carboxylic acids is 1. The van der Waals surface area contributed by atoms with Crippen LogP contribution in [0.1, 0.15) is 25.8 Å². The van der Waals surface area contributed by atoms with Crippen LogP contribution in [-0.4, -0.2) is 11.1 Å². The second-order valence-corrected chi connectivity index (χ2v) is 4.32. The van der Waals surface area contributed by atoms with Crippen LogP contribution in [0.5, 0.6) is 0 Å². The average molecular weight is 257 g/mol. The Bertz CT molecular complexity index is 349. The highest BCUT2D eigenvalue weighted by atomic mass is 79.9. The Morgan fingerprint density at radius 3 is 2.50 bits per heavy atom. The molecule has 0 aliphatic carbocycles. The topological polar surface area (TPSA) is 37.3 Å². The number of rotatable bonds is 3. The van der Waals surface area contributed by atoms with Gasteiger partial charge in [-0.05, 0) is 25.0 Å². The van der Waals surface area contributed by atoms with Crippen molar-refractivity contribution in [3.63, 3.8) is 0 Å². The van der Waals surface area contributed by atoms with Crippen LogP contribution in [0.3, 0.4) is 0 Å². The van der Waals surface area contributed by atoms with E-state index >= 15 is 0 Å². The first-order valence-electron chi connectivity index (χ1n) is 4.50. The fourth-order valence-electron chi connectivity index (χ4n) is 1.37. The number of halogens is 1. The van der Waals surface area contributed by atoms with Crippen molar-refractivity contribution in [1.29, 1.82) is 0 Å². The molecule has 0 saturated carbocycles. The average Bonchev–Trinajstić information content (AvgIpc) is 2.17. The summed E-state index contributed by atoms with van der Waals surface area (Å²) in [5, 5.41) is 9.19. The van der Waals surface area contributed by atoms with Crippen LogP contribution < -0.4 is 0 Å². The molecule has 0 aliphatic heterocycles. The molecule has 0 spiro atoms.